The highest BCUT2D eigenvalue weighted by atomic mass is 32.2. The smallest absolute Gasteiger partial charge is 0.272 e. The van der Waals surface area contributed by atoms with Crippen LogP contribution in [0.4, 0.5) is 14.6 Å². The number of anilines is 1. The average molecular weight is 421 g/mol. The first-order valence-corrected chi connectivity index (χ1v) is 10.8. The molecule has 152 valence electrons. The fourth-order valence-electron chi connectivity index (χ4n) is 3.57. The van der Waals surface area contributed by atoms with E-state index >= 15 is 0 Å². The van der Waals surface area contributed by atoms with E-state index in [4.69, 9.17) is 0 Å². The number of hydrogen-bond donors (Lipinski definition) is 1. The maximum atomic E-state index is 13.9. The number of aliphatic imine (C=N–C) groups is 1. The van der Waals surface area contributed by atoms with Crippen LogP contribution in [0.25, 0.3) is 0 Å². The van der Waals surface area contributed by atoms with Crippen LogP contribution >= 0.6 is 0 Å². The maximum Gasteiger partial charge on any atom is 0.272 e. The second kappa shape index (κ2) is 6.34. The minimum atomic E-state index is -3.41. The molecule has 1 amide bonds. The number of rotatable bonds is 4. The van der Waals surface area contributed by atoms with E-state index in [2.05, 4.69) is 14.8 Å². The number of carbonyl (C=O) groups is 1. The van der Waals surface area contributed by atoms with Crippen molar-refractivity contribution < 1.29 is 22.0 Å². The molecule has 2 aliphatic carbocycles. The van der Waals surface area contributed by atoms with Crippen LogP contribution in [0.1, 0.15) is 25.0 Å². The molecule has 0 spiro atoms. The zero-order valence-electron chi connectivity index (χ0n) is 15.2. The van der Waals surface area contributed by atoms with Gasteiger partial charge in [-0.05, 0) is 25.0 Å². The van der Waals surface area contributed by atoms with Crippen LogP contribution in [0.5, 0.6) is 0 Å². The summed E-state index contributed by atoms with van der Waals surface area (Å²) in [6.07, 6.45) is 3.36. The molecule has 1 N–H and O–H groups in total. The lowest BCUT2D eigenvalue weighted by atomic mass is 10.0. The SMILES string of the molecule is O=C(C1=CC2=C(F)CC(F)=CC2=N1)N1CCn2nc(NS(=O)(=O)C3CC3)cc2C1. The Kier molecular flexibility index (Phi) is 3.99. The van der Waals surface area contributed by atoms with Crippen molar-refractivity contribution in [2.45, 2.75) is 37.6 Å². The van der Waals surface area contributed by atoms with E-state index in [9.17, 15) is 22.0 Å². The van der Waals surface area contributed by atoms with Crippen LogP contribution in [-0.4, -0.2) is 46.5 Å². The third kappa shape index (κ3) is 3.28. The van der Waals surface area contributed by atoms with Crippen molar-refractivity contribution in [1.29, 1.82) is 0 Å². The van der Waals surface area contributed by atoms with Gasteiger partial charge in [-0.1, -0.05) is 0 Å². The first-order chi connectivity index (χ1) is 13.8. The molecule has 5 rings (SSSR count). The van der Waals surface area contributed by atoms with Crippen molar-refractivity contribution in [2.24, 2.45) is 4.99 Å². The van der Waals surface area contributed by atoms with Gasteiger partial charge in [0, 0.05) is 18.2 Å². The van der Waals surface area contributed by atoms with E-state index in [-0.39, 0.29) is 34.6 Å². The number of carbonyl (C=O) groups excluding carboxylic acids is 1. The van der Waals surface area contributed by atoms with E-state index in [1.165, 1.54) is 11.0 Å². The molecular formula is C18H17F2N5O3S. The Labute approximate surface area is 165 Å². The Hall–Kier alpha value is -2.82. The summed E-state index contributed by atoms with van der Waals surface area (Å²) < 4.78 is 55.7. The fourth-order valence-corrected chi connectivity index (χ4v) is 4.89. The molecule has 3 heterocycles. The second-order valence-electron chi connectivity index (χ2n) is 7.43. The van der Waals surface area contributed by atoms with Crippen molar-refractivity contribution in [3.8, 4) is 0 Å². The second-order valence-corrected chi connectivity index (χ2v) is 9.39. The molecular weight excluding hydrogens is 404 g/mol. The Morgan fingerprint density at radius 2 is 2.00 bits per heavy atom. The van der Waals surface area contributed by atoms with Crippen molar-refractivity contribution in [3.05, 3.63) is 46.8 Å². The Morgan fingerprint density at radius 1 is 1.21 bits per heavy atom. The lowest BCUT2D eigenvalue weighted by Gasteiger charge is -2.27. The minimum absolute atomic E-state index is 0.0544. The van der Waals surface area contributed by atoms with Gasteiger partial charge in [-0.2, -0.15) is 5.10 Å². The summed E-state index contributed by atoms with van der Waals surface area (Å²) in [4.78, 5) is 18.4. The van der Waals surface area contributed by atoms with Gasteiger partial charge in [-0.15, -0.1) is 0 Å². The standard InChI is InChI=1S/C18H17F2N5O3S/c19-10-5-14(20)13-8-16(21-15(13)6-10)18(26)24-3-4-25-11(9-24)7-17(22-25)23-29(27,28)12-1-2-12/h6-8,12H,1-5,9H2,(H,22,23). The van der Waals surface area contributed by atoms with Gasteiger partial charge in [0.05, 0.1) is 36.2 Å². The first-order valence-electron chi connectivity index (χ1n) is 9.23. The van der Waals surface area contributed by atoms with Crippen LogP contribution in [0.3, 0.4) is 0 Å². The molecule has 11 heteroatoms. The van der Waals surface area contributed by atoms with Crippen LogP contribution in [0.2, 0.25) is 0 Å². The lowest BCUT2D eigenvalue weighted by Crippen LogP contribution is -2.38. The molecule has 0 radical (unpaired) electrons. The molecule has 29 heavy (non-hydrogen) atoms. The average Bonchev–Trinajstić information content (AvgIpc) is 3.32. The molecule has 8 nitrogen and oxygen atoms in total. The van der Waals surface area contributed by atoms with E-state index in [1.807, 2.05) is 0 Å². The van der Waals surface area contributed by atoms with Crippen LogP contribution in [-0.2, 0) is 27.9 Å². The number of fused-ring (bicyclic) bond motifs is 2. The topological polar surface area (TPSA) is 96.7 Å². The molecule has 1 aromatic heterocycles. The highest BCUT2D eigenvalue weighted by molar-refractivity contribution is 7.93. The van der Waals surface area contributed by atoms with Gasteiger partial charge in [0.15, 0.2) is 5.82 Å². The van der Waals surface area contributed by atoms with Gasteiger partial charge in [0.25, 0.3) is 5.91 Å². The van der Waals surface area contributed by atoms with Crippen LogP contribution in [0.15, 0.2) is 46.1 Å². The number of amides is 1. The normalized spacial score (nSPS) is 21.3. The van der Waals surface area contributed by atoms with Crippen molar-refractivity contribution in [2.75, 3.05) is 11.3 Å². The number of nitrogens with zero attached hydrogens (tertiary/aromatic N) is 4. The Balaban J connectivity index is 1.33. The number of aromatic nitrogens is 2. The molecule has 1 fully saturated rings. The van der Waals surface area contributed by atoms with Gasteiger partial charge in [-0.3, -0.25) is 14.2 Å². The highest BCUT2D eigenvalue weighted by Crippen LogP contribution is 2.32. The minimum Gasteiger partial charge on any atom is -0.330 e. The maximum absolute atomic E-state index is 13.9. The summed E-state index contributed by atoms with van der Waals surface area (Å²) in [6, 6.07) is 1.61. The highest BCUT2D eigenvalue weighted by Gasteiger charge is 2.36. The fraction of sp³-hybridized carbons (Fsp3) is 0.389. The van der Waals surface area contributed by atoms with Gasteiger partial charge in [0.2, 0.25) is 10.0 Å². The summed E-state index contributed by atoms with van der Waals surface area (Å²) in [7, 11) is -3.41. The van der Waals surface area contributed by atoms with Crippen molar-refractivity contribution in [1.82, 2.24) is 14.7 Å². The summed E-state index contributed by atoms with van der Waals surface area (Å²) in [5, 5.41) is 3.90. The van der Waals surface area contributed by atoms with Gasteiger partial charge in [-0.25, -0.2) is 22.2 Å². The molecule has 1 saturated carbocycles. The van der Waals surface area contributed by atoms with Crippen LogP contribution < -0.4 is 4.72 Å². The van der Waals surface area contributed by atoms with Crippen molar-refractivity contribution in [3.63, 3.8) is 0 Å². The van der Waals surface area contributed by atoms with E-state index in [0.717, 1.165) is 6.08 Å². The molecule has 0 unspecified atom stereocenters. The summed E-state index contributed by atoms with van der Waals surface area (Å²) >= 11 is 0. The molecule has 0 saturated heterocycles. The number of allylic oxidation sites excluding steroid dienone is 5. The quantitative estimate of drug-likeness (QED) is 0.804. The third-order valence-electron chi connectivity index (χ3n) is 5.22. The molecule has 1 aromatic rings. The monoisotopic (exact) mass is 421 g/mol. The largest absolute Gasteiger partial charge is 0.330 e. The number of hydrogen-bond acceptors (Lipinski definition) is 5. The van der Waals surface area contributed by atoms with E-state index in [0.29, 0.717) is 31.6 Å². The summed E-state index contributed by atoms with van der Waals surface area (Å²) in [5.41, 5.74) is 0.999. The van der Waals surface area contributed by atoms with Crippen molar-refractivity contribution >= 4 is 27.5 Å². The molecule has 2 aliphatic heterocycles. The van der Waals surface area contributed by atoms with Crippen LogP contribution in [0, 0.1) is 0 Å². The lowest BCUT2D eigenvalue weighted by molar-refractivity contribution is -0.128. The molecule has 0 aromatic carbocycles. The first kappa shape index (κ1) is 18.2. The zero-order valence-corrected chi connectivity index (χ0v) is 16.0. The van der Waals surface area contributed by atoms with E-state index in [1.54, 1.807) is 10.7 Å². The summed E-state index contributed by atoms with van der Waals surface area (Å²) in [6.45, 7) is 0.947. The number of nitrogens with one attached hydrogen (secondary N) is 1. The Bertz CT molecular complexity index is 1160. The van der Waals surface area contributed by atoms with E-state index < -0.39 is 34.0 Å². The predicted octanol–water partition coefficient (Wildman–Crippen LogP) is 1.95. The molecule has 0 atom stereocenters. The number of halogens is 2. The van der Waals surface area contributed by atoms with Gasteiger partial charge >= 0.3 is 0 Å². The number of sulfonamides is 1. The zero-order chi connectivity index (χ0) is 20.3. The van der Waals surface area contributed by atoms with Gasteiger partial charge in [0.1, 0.15) is 17.4 Å². The Morgan fingerprint density at radius 3 is 2.76 bits per heavy atom. The van der Waals surface area contributed by atoms with Gasteiger partial charge < -0.3 is 4.90 Å². The summed E-state index contributed by atoms with van der Waals surface area (Å²) in [5.74, 6) is -1.43. The molecule has 0 bridgehead atoms. The third-order valence-corrected chi connectivity index (χ3v) is 7.06. The predicted molar refractivity (Wildman–Crippen MR) is 101 cm³/mol. The molecule has 4 aliphatic rings.